The Bertz CT molecular complexity index is 564. The average Bonchev–Trinajstić information content (AvgIpc) is 2.51. The Morgan fingerprint density at radius 1 is 0.600 bits per heavy atom. The molecule has 1 fully saturated rings. The summed E-state index contributed by atoms with van der Waals surface area (Å²) in [5.74, 6) is -1.10. The van der Waals surface area contributed by atoms with Gasteiger partial charge in [0.25, 0.3) is 0 Å². The Hall–Kier alpha value is -2.62. The van der Waals surface area contributed by atoms with Gasteiger partial charge in [-0.3, -0.25) is 0 Å². The van der Waals surface area contributed by atoms with Crippen molar-refractivity contribution in [1.29, 1.82) is 0 Å². The second-order valence-corrected chi connectivity index (χ2v) is 4.46. The summed E-state index contributed by atoms with van der Waals surface area (Å²) in [6.07, 6.45) is -1.97. The first-order chi connectivity index (χ1) is 9.75. The van der Waals surface area contributed by atoms with Crippen LogP contribution in [-0.4, -0.2) is 11.9 Å². The minimum atomic E-state index is -0.983. The van der Waals surface area contributed by atoms with Gasteiger partial charge >= 0.3 is 11.9 Å². The largest absolute Gasteiger partial charge is 0.442 e. The number of hydrogen-bond donors (Lipinski definition) is 0. The lowest BCUT2D eigenvalue weighted by Crippen LogP contribution is -2.34. The van der Waals surface area contributed by atoms with E-state index in [1.54, 1.807) is 48.5 Å². The highest BCUT2D eigenvalue weighted by molar-refractivity contribution is 5.89. The summed E-state index contributed by atoms with van der Waals surface area (Å²) in [7, 11) is 0. The van der Waals surface area contributed by atoms with Crippen LogP contribution in [0.3, 0.4) is 0 Å². The highest BCUT2D eigenvalue weighted by atomic mass is 16.6. The van der Waals surface area contributed by atoms with Crippen LogP contribution < -0.4 is 0 Å². The van der Waals surface area contributed by atoms with Gasteiger partial charge < -0.3 is 9.47 Å². The zero-order valence-corrected chi connectivity index (χ0v) is 10.6. The van der Waals surface area contributed by atoms with E-state index in [1.807, 2.05) is 12.1 Å². The van der Waals surface area contributed by atoms with Crippen molar-refractivity contribution in [3.05, 3.63) is 71.8 Å². The maximum Gasteiger partial charge on any atom is 0.353 e. The highest BCUT2D eigenvalue weighted by Gasteiger charge is 2.39. The van der Waals surface area contributed by atoms with Crippen LogP contribution in [0.5, 0.6) is 0 Å². The minimum Gasteiger partial charge on any atom is -0.442 e. The van der Waals surface area contributed by atoms with Gasteiger partial charge in [0.1, 0.15) is 0 Å². The van der Waals surface area contributed by atoms with Crippen molar-refractivity contribution >= 4 is 11.9 Å². The van der Waals surface area contributed by atoms with Gasteiger partial charge in [0.05, 0.1) is 0 Å². The zero-order chi connectivity index (χ0) is 13.9. The molecule has 100 valence electrons. The molecular formula is C16H12O4. The number of rotatable bonds is 2. The van der Waals surface area contributed by atoms with Gasteiger partial charge in [-0.25, -0.2) is 9.59 Å². The highest BCUT2D eigenvalue weighted by Crippen LogP contribution is 2.31. The number of benzene rings is 2. The lowest BCUT2D eigenvalue weighted by Gasteiger charge is -2.27. The van der Waals surface area contributed by atoms with Gasteiger partial charge in [-0.1, -0.05) is 60.7 Å². The van der Waals surface area contributed by atoms with E-state index in [2.05, 4.69) is 0 Å². The fourth-order valence-electron chi connectivity index (χ4n) is 2.12. The van der Waals surface area contributed by atoms with Crippen molar-refractivity contribution in [2.24, 2.45) is 0 Å². The van der Waals surface area contributed by atoms with E-state index in [9.17, 15) is 9.59 Å². The van der Waals surface area contributed by atoms with Crippen molar-refractivity contribution in [3.8, 4) is 0 Å². The third kappa shape index (κ3) is 2.28. The fraction of sp³-hybridized carbons (Fsp3) is 0.125. The predicted octanol–water partition coefficient (Wildman–Crippen LogP) is 2.57. The summed E-state index contributed by atoms with van der Waals surface area (Å²) in [6.45, 7) is 0. The molecule has 0 bridgehead atoms. The molecule has 2 atom stereocenters. The van der Waals surface area contributed by atoms with E-state index in [4.69, 9.17) is 9.47 Å². The number of esters is 2. The molecule has 0 saturated carbocycles. The van der Waals surface area contributed by atoms with Gasteiger partial charge in [0, 0.05) is 11.1 Å². The van der Waals surface area contributed by atoms with Crippen molar-refractivity contribution in [3.63, 3.8) is 0 Å². The standard InChI is InChI=1S/C16H12O4/c17-15-13(11-7-3-1-4-8-11)19-16(18)14(20-15)12-9-5-2-6-10-12/h1-10,13-14H/t13-,14+. The number of ether oxygens (including phenoxy) is 2. The van der Waals surface area contributed by atoms with Crippen LogP contribution in [0.2, 0.25) is 0 Å². The minimum absolute atomic E-state index is 0.551. The second-order valence-electron chi connectivity index (χ2n) is 4.46. The summed E-state index contributed by atoms with van der Waals surface area (Å²) >= 11 is 0. The van der Waals surface area contributed by atoms with Crippen molar-refractivity contribution in [2.45, 2.75) is 12.2 Å². The molecule has 0 aliphatic carbocycles. The first-order valence-electron chi connectivity index (χ1n) is 6.26. The second kappa shape index (κ2) is 5.17. The Morgan fingerprint density at radius 2 is 0.950 bits per heavy atom. The molecule has 3 rings (SSSR count). The summed E-state index contributed by atoms with van der Waals surface area (Å²) in [6, 6.07) is 17.7. The number of hydrogen-bond acceptors (Lipinski definition) is 4. The molecule has 1 saturated heterocycles. The molecule has 1 aliphatic heterocycles. The van der Waals surface area contributed by atoms with Crippen LogP contribution in [0.15, 0.2) is 60.7 Å². The summed E-state index contributed by atoms with van der Waals surface area (Å²) in [4.78, 5) is 24.0. The van der Waals surface area contributed by atoms with Crippen LogP contribution in [0, 0.1) is 0 Å². The first-order valence-corrected chi connectivity index (χ1v) is 6.26. The summed E-state index contributed by atoms with van der Waals surface area (Å²) in [5, 5.41) is 0. The lowest BCUT2D eigenvalue weighted by molar-refractivity contribution is -0.196. The Kier molecular flexibility index (Phi) is 3.21. The molecule has 0 aromatic heterocycles. The van der Waals surface area contributed by atoms with Crippen molar-refractivity contribution in [2.75, 3.05) is 0 Å². The molecule has 1 aliphatic rings. The molecule has 0 N–H and O–H groups in total. The van der Waals surface area contributed by atoms with Crippen LogP contribution >= 0.6 is 0 Å². The average molecular weight is 268 g/mol. The van der Waals surface area contributed by atoms with Gasteiger partial charge in [-0.05, 0) is 0 Å². The molecule has 4 nitrogen and oxygen atoms in total. The topological polar surface area (TPSA) is 52.6 Å². The van der Waals surface area contributed by atoms with Gasteiger partial charge in [-0.2, -0.15) is 0 Å². The first kappa shape index (κ1) is 12.4. The molecule has 0 amide bonds. The Labute approximate surface area is 115 Å². The van der Waals surface area contributed by atoms with Crippen LogP contribution in [0.4, 0.5) is 0 Å². The van der Waals surface area contributed by atoms with E-state index in [0.717, 1.165) is 0 Å². The Morgan fingerprint density at radius 3 is 1.30 bits per heavy atom. The van der Waals surface area contributed by atoms with E-state index in [-0.39, 0.29) is 0 Å². The van der Waals surface area contributed by atoms with E-state index < -0.39 is 24.1 Å². The molecule has 20 heavy (non-hydrogen) atoms. The Balaban J connectivity index is 1.84. The summed E-state index contributed by atoms with van der Waals surface area (Å²) < 4.78 is 10.5. The molecular weight excluding hydrogens is 256 g/mol. The monoisotopic (exact) mass is 268 g/mol. The van der Waals surface area contributed by atoms with Gasteiger partial charge in [0.2, 0.25) is 12.2 Å². The maximum absolute atomic E-state index is 12.0. The number of cyclic esters (lactones) is 2. The fourth-order valence-corrected chi connectivity index (χ4v) is 2.12. The smallest absolute Gasteiger partial charge is 0.353 e. The predicted molar refractivity (Wildman–Crippen MR) is 70.6 cm³/mol. The molecule has 2 aromatic carbocycles. The van der Waals surface area contributed by atoms with Crippen LogP contribution in [0.25, 0.3) is 0 Å². The lowest BCUT2D eigenvalue weighted by atomic mass is 10.1. The van der Waals surface area contributed by atoms with E-state index in [1.165, 1.54) is 0 Å². The molecule has 1 heterocycles. The normalized spacial score (nSPS) is 22.0. The van der Waals surface area contributed by atoms with E-state index in [0.29, 0.717) is 11.1 Å². The molecule has 0 spiro atoms. The molecule has 0 unspecified atom stereocenters. The molecule has 4 heteroatoms. The van der Waals surface area contributed by atoms with Gasteiger partial charge in [0.15, 0.2) is 0 Å². The summed E-state index contributed by atoms with van der Waals surface area (Å²) in [5.41, 5.74) is 1.22. The van der Waals surface area contributed by atoms with Crippen molar-refractivity contribution < 1.29 is 19.1 Å². The molecule has 0 radical (unpaired) electrons. The zero-order valence-electron chi connectivity index (χ0n) is 10.6. The van der Waals surface area contributed by atoms with Crippen LogP contribution in [-0.2, 0) is 19.1 Å². The third-order valence-corrected chi connectivity index (χ3v) is 3.10. The van der Waals surface area contributed by atoms with Crippen molar-refractivity contribution in [1.82, 2.24) is 0 Å². The third-order valence-electron chi connectivity index (χ3n) is 3.10. The number of carbonyl (C=O) groups is 2. The number of carbonyl (C=O) groups excluding carboxylic acids is 2. The quantitative estimate of drug-likeness (QED) is 0.785. The van der Waals surface area contributed by atoms with Crippen LogP contribution in [0.1, 0.15) is 23.3 Å². The van der Waals surface area contributed by atoms with E-state index >= 15 is 0 Å². The van der Waals surface area contributed by atoms with Gasteiger partial charge in [-0.15, -0.1) is 0 Å². The maximum atomic E-state index is 12.0. The molecule has 2 aromatic rings. The SMILES string of the molecule is O=C1O[C@H](c2ccccc2)C(=O)O[C@H]1c1ccccc1.